The van der Waals surface area contributed by atoms with Gasteiger partial charge in [-0.25, -0.2) is 0 Å². The summed E-state index contributed by atoms with van der Waals surface area (Å²) in [6, 6.07) is 5.53. The Bertz CT molecular complexity index is 396. The fourth-order valence-electron chi connectivity index (χ4n) is 1.32. The predicted molar refractivity (Wildman–Crippen MR) is 73.9 cm³/mol. The van der Waals surface area contributed by atoms with E-state index in [4.69, 9.17) is 9.47 Å². The molecule has 1 amide bonds. The average molecular weight is 316 g/mol. The zero-order chi connectivity index (χ0) is 13.4. The minimum Gasteiger partial charge on any atom is -0.382 e. The molecule has 0 radical (unpaired) electrons. The van der Waals surface area contributed by atoms with Crippen molar-refractivity contribution in [1.29, 1.82) is 0 Å². The second-order valence-corrected chi connectivity index (χ2v) is 4.68. The van der Waals surface area contributed by atoms with Crippen LogP contribution in [0.4, 0.5) is 0 Å². The van der Waals surface area contributed by atoms with Gasteiger partial charge in [0.2, 0.25) is 0 Å². The van der Waals surface area contributed by atoms with Gasteiger partial charge in [-0.1, -0.05) is 22.0 Å². The van der Waals surface area contributed by atoms with E-state index >= 15 is 0 Å². The van der Waals surface area contributed by atoms with Gasteiger partial charge in [-0.2, -0.15) is 0 Å². The number of carbonyl (C=O) groups is 1. The molecule has 0 aromatic heterocycles. The molecule has 0 unspecified atom stereocenters. The van der Waals surface area contributed by atoms with Crippen molar-refractivity contribution in [3.63, 3.8) is 0 Å². The lowest BCUT2D eigenvalue weighted by Gasteiger charge is -2.07. The highest BCUT2D eigenvalue weighted by Gasteiger charge is 2.06. The molecule has 18 heavy (non-hydrogen) atoms. The van der Waals surface area contributed by atoms with Crippen LogP contribution in [0, 0.1) is 6.92 Å². The lowest BCUT2D eigenvalue weighted by Crippen LogP contribution is -2.27. The van der Waals surface area contributed by atoms with Crippen molar-refractivity contribution in [2.75, 3.05) is 33.5 Å². The summed E-state index contributed by atoms with van der Waals surface area (Å²) in [6.07, 6.45) is 0. The van der Waals surface area contributed by atoms with E-state index in [9.17, 15) is 4.79 Å². The van der Waals surface area contributed by atoms with Crippen LogP contribution >= 0.6 is 15.9 Å². The molecule has 0 aliphatic rings. The highest BCUT2D eigenvalue weighted by Crippen LogP contribution is 2.17. The van der Waals surface area contributed by atoms with E-state index < -0.39 is 0 Å². The van der Waals surface area contributed by atoms with Gasteiger partial charge >= 0.3 is 0 Å². The quantitative estimate of drug-likeness (QED) is 0.784. The molecule has 100 valence electrons. The molecule has 0 aliphatic heterocycles. The number of aryl methyl sites for hydroxylation is 1. The van der Waals surface area contributed by atoms with Crippen LogP contribution in [0.25, 0.3) is 0 Å². The molecule has 1 rings (SSSR count). The Morgan fingerprint density at radius 3 is 2.78 bits per heavy atom. The highest BCUT2D eigenvalue weighted by molar-refractivity contribution is 9.10. The van der Waals surface area contributed by atoms with Crippen LogP contribution in [-0.4, -0.2) is 39.4 Å². The first kappa shape index (κ1) is 15.1. The fraction of sp³-hybridized carbons (Fsp3) is 0.462. The molecule has 0 saturated carbocycles. The Kier molecular flexibility index (Phi) is 6.93. The van der Waals surface area contributed by atoms with Gasteiger partial charge in [0.1, 0.15) is 0 Å². The van der Waals surface area contributed by atoms with Crippen molar-refractivity contribution >= 4 is 21.8 Å². The van der Waals surface area contributed by atoms with E-state index in [1.54, 1.807) is 13.2 Å². The number of hydrogen-bond acceptors (Lipinski definition) is 3. The number of methoxy groups -OCH3 is 1. The van der Waals surface area contributed by atoms with Crippen molar-refractivity contribution in [3.05, 3.63) is 33.8 Å². The van der Waals surface area contributed by atoms with Crippen molar-refractivity contribution < 1.29 is 14.3 Å². The van der Waals surface area contributed by atoms with Gasteiger partial charge < -0.3 is 14.8 Å². The smallest absolute Gasteiger partial charge is 0.251 e. The molecule has 0 bridgehead atoms. The van der Waals surface area contributed by atoms with Crippen molar-refractivity contribution in [2.24, 2.45) is 0 Å². The molecule has 0 aliphatic carbocycles. The van der Waals surface area contributed by atoms with Crippen molar-refractivity contribution in [3.8, 4) is 0 Å². The zero-order valence-corrected chi connectivity index (χ0v) is 12.2. The van der Waals surface area contributed by atoms with Crippen LogP contribution in [-0.2, 0) is 9.47 Å². The number of amides is 1. The van der Waals surface area contributed by atoms with E-state index in [1.807, 2.05) is 19.1 Å². The Morgan fingerprint density at radius 1 is 1.33 bits per heavy atom. The summed E-state index contributed by atoms with van der Waals surface area (Å²) in [6.45, 7) is 4.08. The van der Waals surface area contributed by atoms with Gasteiger partial charge in [0, 0.05) is 23.7 Å². The maximum Gasteiger partial charge on any atom is 0.251 e. The molecule has 1 aromatic rings. The monoisotopic (exact) mass is 315 g/mol. The van der Waals surface area contributed by atoms with E-state index in [2.05, 4.69) is 21.2 Å². The molecule has 0 atom stereocenters. The molecule has 1 N–H and O–H groups in total. The Hall–Kier alpha value is -0.910. The predicted octanol–water partition coefficient (Wildman–Crippen LogP) is 2.15. The maximum atomic E-state index is 11.8. The number of ether oxygens (including phenoxy) is 2. The van der Waals surface area contributed by atoms with Crippen molar-refractivity contribution in [2.45, 2.75) is 6.92 Å². The number of nitrogens with one attached hydrogen (secondary N) is 1. The first-order chi connectivity index (χ1) is 8.65. The van der Waals surface area contributed by atoms with Crippen LogP contribution in [0.2, 0.25) is 0 Å². The number of hydrogen-bond donors (Lipinski definition) is 1. The minimum absolute atomic E-state index is 0.0916. The summed E-state index contributed by atoms with van der Waals surface area (Å²) in [5.41, 5.74) is 1.75. The fourth-order valence-corrected chi connectivity index (χ4v) is 1.70. The number of carbonyl (C=O) groups excluding carboxylic acids is 1. The molecule has 4 nitrogen and oxygen atoms in total. The lowest BCUT2D eigenvalue weighted by atomic mass is 10.1. The molecular formula is C13H18BrNO3. The third-order valence-electron chi connectivity index (χ3n) is 2.40. The Morgan fingerprint density at radius 2 is 2.11 bits per heavy atom. The number of rotatable bonds is 7. The largest absolute Gasteiger partial charge is 0.382 e. The third-order valence-corrected chi connectivity index (χ3v) is 3.25. The molecule has 0 saturated heterocycles. The lowest BCUT2D eigenvalue weighted by molar-refractivity contribution is 0.0692. The molecule has 1 aromatic carbocycles. The van der Waals surface area contributed by atoms with Crippen molar-refractivity contribution in [1.82, 2.24) is 5.32 Å². The first-order valence-electron chi connectivity index (χ1n) is 5.76. The Labute approximate surface area is 116 Å². The van der Waals surface area contributed by atoms with Crippen LogP contribution in [0.5, 0.6) is 0 Å². The third kappa shape index (κ3) is 5.16. The summed E-state index contributed by atoms with van der Waals surface area (Å²) in [5, 5.41) is 2.80. The SMILES string of the molecule is COCCOCCNC(=O)c1ccc(C)c(Br)c1. The van der Waals surface area contributed by atoms with Gasteiger partial charge in [-0.3, -0.25) is 4.79 Å². The standard InChI is InChI=1S/C13H18BrNO3/c1-10-3-4-11(9-12(10)14)13(16)15-5-6-18-8-7-17-2/h3-4,9H,5-8H2,1-2H3,(H,15,16). The van der Waals surface area contributed by atoms with E-state index in [0.717, 1.165) is 10.0 Å². The van der Waals surface area contributed by atoms with Gasteiger partial charge in [0.15, 0.2) is 0 Å². The normalized spacial score (nSPS) is 10.4. The summed E-state index contributed by atoms with van der Waals surface area (Å²) in [4.78, 5) is 11.8. The summed E-state index contributed by atoms with van der Waals surface area (Å²) < 4.78 is 11.0. The Balaban J connectivity index is 2.30. The second kappa shape index (κ2) is 8.24. The zero-order valence-electron chi connectivity index (χ0n) is 10.7. The van der Waals surface area contributed by atoms with Crippen LogP contribution in [0.3, 0.4) is 0 Å². The maximum absolute atomic E-state index is 11.8. The molecule has 0 spiro atoms. The van der Waals surface area contributed by atoms with E-state index in [0.29, 0.717) is 31.9 Å². The van der Waals surface area contributed by atoms with E-state index in [-0.39, 0.29) is 5.91 Å². The molecule has 0 fully saturated rings. The van der Waals surface area contributed by atoms with Gasteiger partial charge in [0.25, 0.3) is 5.91 Å². The van der Waals surface area contributed by atoms with Gasteiger partial charge in [-0.05, 0) is 24.6 Å². The number of benzene rings is 1. The number of halogens is 1. The second-order valence-electron chi connectivity index (χ2n) is 3.83. The molecular weight excluding hydrogens is 298 g/mol. The molecule has 0 heterocycles. The van der Waals surface area contributed by atoms with E-state index in [1.165, 1.54) is 0 Å². The summed E-state index contributed by atoms with van der Waals surface area (Å²) in [7, 11) is 1.63. The van der Waals surface area contributed by atoms with Crippen LogP contribution < -0.4 is 5.32 Å². The van der Waals surface area contributed by atoms with Crippen LogP contribution in [0.15, 0.2) is 22.7 Å². The average Bonchev–Trinajstić information content (AvgIpc) is 2.36. The minimum atomic E-state index is -0.0916. The topological polar surface area (TPSA) is 47.6 Å². The molecule has 5 heteroatoms. The summed E-state index contributed by atoms with van der Waals surface area (Å²) in [5.74, 6) is -0.0916. The van der Waals surface area contributed by atoms with Gasteiger partial charge in [0.05, 0.1) is 19.8 Å². The van der Waals surface area contributed by atoms with Crippen LogP contribution in [0.1, 0.15) is 15.9 Å². The summed E-state index contributed by atoms with van der Waals surface area (Å²) >= 11 is 3.41. The van der Waals surface area contributed by atoms with Gasteiger partial charge in [-0.15, -0.1) is 0 Å². The highest BCUT2D eigenvalue weighted by atomic mass is 79.9. The first-order valence-corrected chi connectivity index (χ1v) is 6.55.